The van der Waals surface area contributed by atoms with Crippen molar-refractivity contribution in [3.05, 3.63) is 89.8 Å². The van der Waals surface area contributed by atoms with Crippen LogP contribution < -0.4 is 0 Å². The number of benzene rings is 2. The minimum Gasteiger partial charge on any atom is -0.299 e. The van der Waals surface area contributed by atoms with Crippen molar-refractivity contribution in [2.45, 2.75) is 25.7 Å². The highest BCUT2D eigenvalue weighted by molar-refractivity contribution is 5.80. The molecule has 0 N–H and O–H groups in total. The van der Waals surface area contributed by atoms with Gasteiger partial charge in [-0.2, -0.15) is 0 Å². The molecule has 0 spiro atoms. The Morgan fingerprint density at radius 2 is 1.77 bits per heavy atom. The molecule has 0 aliphatic heterocycles. The van der Waals surface area contributed by atoms with E-state index in [1.165, 1.54) is 12.1 Å². The molecule has 3 rings (SSSR count). The molecular formula is C22H19F2NO. The molecule has 0 aliphatic carbocycles. The van der Waals surface area contributed by atoms with E-state index >= 15 is 0 Å². The van der Waals surface area contributed by atoms with Crippen molar-refractivity contribution in [3.8, 4) is 11.1 Å². The van der Waals surface area contributed by atoms with Crippen LogP contribution in [0.4, 0.5) is 8.78 Å². The van der Waals surface area contributed by atoms with Crippen molar-refractivity contribution >= 4 is 5.78 Å². The van der Waals surface area contributed by atoms with Crippen LogP contribution in [-0.2, 0) is 17.6 Å². The van der Waals surface area contributed by atoms with Gasteiger partial charge in [-0.05, 0) is 47.7 Å². The molecule has 0 saturated heterocycles. The highest BCUT2D eigenvalue weighted by Crippen LogP contribution is 2.24. The summed E-state index contributed by atoms with van der Waals surface area (Å²) in [5.74, 6) is -0.958. The second kappa shape index (κ2) is 8.48. The number of aryl methyl sites for hydroxylation is 1. The van der Waals surface area contributed by atoms with E-state index in [1.807, 2.05) is 36.4 Å². The Bertz CT molecular complexity index is 876. The standard InChI is InChI=1S/C22H19F2NO/c23-19-10-11-21(22(24)14-19)18-8-6-16(7-9-18)3-1-5-20(26)13-17-4-2-12-25-15-17/h2,4,6-12,14-15H,1,3,5,13H2. The SMILES string of the molecule is O=C(CCCc1ccc(-c2ccc(F)cc2F)cc1)Cc1cccnc1. The van der Waals surface area contributed by atoms with E-state index in [2.05, 4.69) is 4.98 Å². The molecule has 2 aromatic carbocycles. The number of rotatable bonds is 7. The van der Waals surface area contributed by atoms with Crippen LogP contribution in [0.15, 0.2) is 67.0 Å². The highest BCUT2D eigenvalue weighted by atomic mass is 19.1. The first kappa shape index (κ1) is 17.9. The Hall–Kier alpha value is -2.88. The normalized spacial score (nSPS) is 10.7. The Morgan fingerprint density at radius 3 is 2.46 bits per heavy atom. The summed E-state index contributed by atoms with van der Waals surface area (Å²) in [7, 11) is 0. The zero-order chi connectivity index (χ0) is 18.4. The van der Waals surface area contributed by atoms with Crippen molar-refractivity contribution in [1.82, 2.24) is 4.98 Å². The number of hydrogen-bond acceptors (Lipinski definition) is 2. The number of carbonyl (C=O) groups is 1. The van der Waals surface area contributed by atoms with Crippen LogP contribution in [0.3, 0.4) is 0 Å². The fraction of sp³-hybridized carbons (Fsp3) is 0.182. The molecule has 0 radical (unpaired) electrons. The topological polar surface area (TPSA) is 30.0 Å². The Labute approximate surface area is 151 Å². The third-order valence-corrected chi connectivity index (χ3v) is 4.24. The molecule has 4 heteroatoms. The molecule has 0 unspecified atom stereocenters. The van der Waals surface area contributed by atoms with E-state index in [9.17, 15) is 13.6 Å². The third-order valence-electron chi connectivity index (χ3n) is 4.24. The van der Waals surface area contributed by atoms with E-state index in [0.29, 0.717) is 24.0 Å². The van der Waals surface area contributed by atoms with Gasteiger partial charge in [0.1, 0.15) is 17.4 Å². The maximum atomic E-state index is 13.8. The van der Waals surface area contributed by atoms with Gasteiger partial charge >= 0.3 is 0 Å². The van der Waals surface area contributed by atoms with Crippen LogP contribution in [-0.4, -0.2) is 10.8 Å². The number of aromatic nitrogens is 1. The van der Waals surface area contributed by atoms with Crippen LogP contribution in [0, 0.1) is 11.6 Å². The van der Waals surface area contributed by atoms with E-state index < -0.39 is 11.6 Å². The van der Waals surface area contributed by atoms with Gasteiger partial charge in [-0.15, -0.1) is 0 Å². The molecule has 132 valence electrons. The molecule has 1 aromatic heterocycles. The van der Waals surface area contributed by atoms with Crippen LogP contribution in [0.2, 0.25) is 0 Å². The lowest BCUT2D eigenvalue weighted by molar-refractivity contribution is -0.118. The summed E-state index contributed by atoms with van der Waals surface area (Å²) >= 11 is 0. The lowest BCUT2D eigenvalue weighted by Crippen LogP contribution is -2.03. The number of carbonyl (C=O) groups excluding carboxylic acids is 1. The summed E-state index contributed by atoms with van der Waals surface area (Å²) in [5.41, 5.74) is 3.11. The van der Waals surface area contributed by atoms with E-state index in [-0.39, 0.29) is 5.78 Å². The summed E-state index contributed by atoms with van der Waals surface area (Å²) in [6.07, 6.45) is 5.88. The molecule has 2 nitrogen and oxygen atoms in total. The quantitative estimate of drug-likeness (QED) is 0.588. The fourth-order valence-electron chi connectivity index (χ4n) is 2.88. The molecular weight excluding hydrogens is 332 g/mol. The van der Waals surface area contributed by atoms with E-state index in [0.717, 1.165) is 30.0 Å². The van der Waals surface area contributed by atoms with Gasteiger partial charge in [0.2, 0.25) is 0 Å². The van der Waals surface area contributed by atoms with Gasteiger partial charge in [0, 0.05) is 36.9 Å². The van der Waals surface area contributed by atoms with Crippen molar-refractivity contribution in [2.75, 3.05) is 0 Å². The van der Waals surface area contributed by atoms with Crippen LogP contribution in [0.1, 0.15) is 24.0 Å². The second-order valence-corrected chi connectivity index (χ2v) is 6.25. The first-order valence-corrected chi connectivity index (χ1v) is 8.57. The van der Waals surface area contributed by atoms with Crippen LogP contribution in [0.5, 0.6) is 0 Å². The summed E-state index contributed by atoms with van der Waals surface area (Å²) in [6, 6.07) is 14.8. The summed E-state index contributed by atoms with van der Waals surface area (Å²) in [6.45, 7) is 0. The summed E-state index contributed by atoms with van der Waals surface area (Å²) in [5, 5.41) is 0. The first-order valence-electron chi connectivity index (χ1n) is 8.57. The molecule has 0 amide bonds. The highest BCUT2D eigenvalue weighted by Gasteiger charge is 2.07. The molecule has 1 heterocycles. The number of halogens is 2. The van der Waals surface area contributed by atoms with Crippen molar-refractivity contribution in [3.63, 3.8) is 0 Å². The molecule has 0 saturated carbocycles. The van der Waals surface area contributed by atoms with Crippen molar-refractivity contribution in [1.29, 1.82) is 0 Å². The van der Waals surface area contributed by atoms with E-state index in [4.69, 9.17) is 0 Å². The average molecular weight is 351 g/mol. The maximum absolute atomic E-state index is 13.8. The zero-order valence-corrected chi connectivity index (χ0v) is 14.3. The molecule has 0 atom stereocenters. The van der Waals surface area contributed by atoms with Gasteiger partial charge < -0.3 is 0 Å². The zero-order valence-electron chi connectivity index (χ0n) is 14.3. The number of ketones is 1. The molecule has 26 heavy (non-hydrogen) atoms. The average Bonchev–Trinajstić information content (AvgIpc) is 2.63. The van der Waals surface area contributed by atoms with Gasteiger partial charge in [-0.1, -0.05) is 30.3 Å². The smallest absolute Gasteiger partial charge is 0.137 e. The number of pyridine rings is 1. The second-order valence-electron chi connectivity index (χ2n) is 6.25. The predicted octanol–water partition coefficient (Wildman–Crippen LogP) is 5.16. The minimum absolute atomic E-state index is 0.197. The molecule has 0 bridgehead atoms. The number of hydrogen-bond donors (Lipinski definition) is 0. The van der Waals surface area contributed by atoms with Crippen LogP contribution in [0.25, 0.3) is 11.1 Å². The molecule has 0 aliphatic rings. The molecule has 0 fully saturated rings. The van der Waals surface area contributed by atoms with Gasteiger partial charge in [0.25, 0.3) is 0 Å². The van der Waals surface area contributed by atoms with Crippen molar-refractivity contribution < 1.29 is 13.6 Å². The monoisotopic (exact) mass is 351 g/mol. The lowest BCUT2D eigenvalue weighted by Gasteiger charge is -2.06. The van der Waals surface area contributed by atoms with Gasteiger partial charge in [-0.3, -0.25) is 9.78 Å². The number of Topliss-reactive ketones (excluding diaryl/α,β-unsaturated/α-hetero) is 1. The minimum atomic E-state index is -0.584. The van der Waals surface area contributed by atoms with E-state index in [1.54, 1.807) is 12.4 Å². The Balaban J connectivity index is 1.52. The number of nitrogens with zero attached hydrogens (tertiary/aromatic N) is 1. The van der Waals surface area contributed by atoms with Gasteiger partial charge in [0.15, 0.2) is 0 Å². The largest absolute Gasteiger partial charge is 0.299 e. The summed E-state index contributed by atoms with van der Waals surface area (Å²) in [4.78, 5) is 16.0. The third kappa shape index (κ3) is 4.82. The predicted molar refractivity (Wildman–Crippen MR) is 97.7 cm³/mol. The first-order chi connectivity index (χ1) is 12.6. The fourth-order valence-corrected chi connectivity index (χ4v) is 2.88. The van der Waals surface area contributed by atoms with Gasteiger partial charge in [0.05, 0.1) is 0 Å². The Morgan fingerprint density at radius 1 is 0.962 bits per heavy atom. The Kier molecular flexibility index (Phi) is 5.84. The maximum Gasteiger partial charge on any atom is 0.137 e. The van der Waals surface area contributed by atoms with Gasteiger partial charge in [-0.25, -0.2) is 8.78 Å². The lowest BCUT2D eigenvalue weighted by atomic mass is 10.00. The van der Waals surface area contributed by atoms with Crippen LogP contribution >= 0.6 is 0 Å². The van der Waals surface area contributed by atoms with Crippen molar-refractivity contribution in [2.24, 2.45) is 0 Å². The summed E-state index contributed by atoms with van der Waals surface area (Å²) < 4.78 is 26.8. The molecule has 3 aromatic rings.